The second-order valence-corrected chi connectivity index (χ2v) is 15.7. The van der Waals surface area contributed by atoms with Crippen LogP contribution in [0.25, 0.3) is 76.5 Å². The fraction of sp³-hybridized carbons (Fsp3) is 0.0545. The Morgan fingerprint density at radius 3 is 1.46 bits per heavy atom. The summed E-state index contributed by atoms with van der Waals surface area (Å²) < 4.78 is 0. The molecule has 1 heteroatoms. The summed E-state index contributed by atoms with van der Waals surface area (Å²) in [6.07, 6.45) is 0. The van der Waals surface area contributed by atoms with E-state index in [1.165, 1.54) is 93.3 Å². The standard InChI is InChI=1S/C55H39N/c1-55(2)51-23-13-12-22-49(51)53-52(35-40-16-6-7-17-43(40)54(53)55)56(41-29-24-37(25-30-41)36-14-4-3-5-15-36)42-31-26-38(27-32-42)39-28-33-48-46-20-9-8-18-44(46)45-19-10-11-21-47(45)50(48)34-39/h3-35H,1-2H3. The molecule has 0 saturated carbocycles. The summed E-state index contributed by atoms with van der Waals surface area (Å²) in [7, 11) is 0. The maximum Gasteiger partial charge on any atom is 0.0549 e. The summed E-state index contributed by atoms with van der Waals surface area (Å²) in [4.78, 5) is 2.47. The highest BCUT2D eigenvalue weighted by Crippen LogP contribution is 2.56. The molecule has 0 amide bonds. The molecule has 0 radical (unpaired) electrons. The second-order valence-electron chi connectivity index (χ2n) is 15.7. The first-order valence-corrected chi connectivity index (χ1v) is 19.6. The molecule has 1 aliphatic rings. The van der Waals surface area contributed by atoms with Crippen LogP contribution >= 0.6 is 0 Å². The molecule has 1 aliphatic carbocycles. The van der Waals surface area contributed by atoms with Gasteiger partial charge in [-0.2, -0.15) is 0 Å². The highest BCUT2D eigenvalue weighted by molar-refractivity contribution is 6.25. The lowest BCUT2D eigenvalue weighted by Crippen LogP contribution is -2.16. The first-order chi connectivity index (χ1) is 27.5. The number of fused-ring (bicyclic) bond motifs is 11. The van der Waals surface area contributed by atoms with Gasteiger partial charge in [-0.25, -0.2) is 0 Å². The Morgan fingerprint density at radius 2 is 0.821 bits per heavy atom. The number of hydrogen-bond donors (Lipinski definition) is 0. The molecule has 0 N–H and O–H groups in total. The van der Waals surface area contributed by atoms with Gasteiger partial charge in [0.15, 0.2) is 0 Å². The first kappa shape index (κ1) is 32.5. The van der Waals surface area contributed by atoms with Crippen molar-refractivity contribution < 1.29 is 0 Å². The van der Waals surface area contributed by atoms with Gasteiger partial charge in [-0.3, -0.25) is 0 Å². The van der Waals surface area contributed by atoms with Crippen LogP contribution < -0.4 is 4.90 Å². The molecule has 10 aromatic rings. The third-order valence-electron chi connectivity index (χ3n) is 12.2. The molecule has 11 rings (SSSR count). The molecule has 0 atom stereocenters. The zero-order chi connectivity index (χ0) is 37.4. The minimum absolute atomic E-state index is 0.153. The Bertz CT molecular complexity index is 3100. The van der Waals surface area contributed by atoms with E-state index in [1.54, 1.807) is 0 Å². The average molecular weight is 714 g/mol. The van der Waals surface area contributed by atoms with Crippen LogP contribution in [0.4, 0.5) is 17.1 Å². The summed E-state index contributed by atoms with van der Waals surface area (Å²) in [5, 5.41) is 10.3. The maximum atomic E-state index is 2.47. The van der Waals surface area contributed by atoms with Crippen LogP contribution in [0.1, 0.15) is 25.0 Å². The van der Waals surface area contributed by atoms with Crippen molar-refractivity contribution in [3.8, 4) is 33.4 Å². The lowest BCUT2D eigenvalue weighted by Gasteiger charge is -2.30. The highest BCUT2D eigenvalue weighted by atomic mass is 15.1. The van der Waals surface area contributed by atoms with E-state index in [1.807, 2.05) is 0 Å². The minimum atomic E-state index is -0.153. The van der Waals surface area contributed by atoms with Gasteiger partial charge < -0.3 is 4.90 Å². The van der Waals surface area contributed by atoms with Crippen LogP contribution in [0, 0.1) is 0 Å². The summed E-state index contributed by atoms with van der Waals surface area (Å²) in [6, 6.07) is 73.8. The molecular weight excluding hydrogens is 675 g/mol. The fourth-order valence-corrected chi connectivity index (χ4v) is 9.56. The molecule has 10 aromatic carbocycles. The summed E-state index contributed by atoms with van der Waals surface area (Å²) in [6.45, 7) is 4.77. The Balaban J connectivity index is 1.10. The largest absolute Gasteiger partial charge is 0.310 e. The van der Waals surface area contributed by atoms with Gasteiger partial charge in [0.25, 0.3) is 0 Å². The van der Waals surface area contributed by atoms with Gasteiger partial charge in [0.2, 0.25) is 0 Å². The normalized spacial score (nSPS) is 13.0. The first-order valence-electron chi connectivity index (χ1n) is 19.6. The molecule has 264 valence electrons. The van der Waals surface area contributed by atoms with Crippen molar-refractivity contribution in [2.45, 2.75) is 19.3 Å². The second kappa shape index (κ2) is 12.5. The van der Waals surface area contributed by atoms with Crippen molar-refractivity contribution in [2.75, 3.05) is 4.90 Å². The SMILES string of the molecule is CC1(C)c2ccccc2-c2c(N(c3ccc(-c4ccccc4)cc3)c3ccc(-c4ccc5c6ccccc6c6ccccc6c5c4)cc3)cc3ccccc3c21. The molecule has 0 bridgehead atoms. The average Bonchev–Trinajstić information content (AvgIpc) is 3.51. The predicted molar refractivity (Wildman–Crippen MR) is 240 cm³/mol. The zero-order valence-electron chi connectivity index (χ0n) is 31.5. The third kappa shape index (κ3) is 4.94. The Hall–Kier alpha value is -6.96. The number of rotatable bonds is 5. The number of anilines is 3. The van der Waals surface area contributed by atoms with Crippen LogP contribution in [-0.2, 0) is 5.41 Å². The third-order valence-corrected chi connectivity index (χ3v) is 12.2. The number of nitrogens with zero attached hydrogens (tertiary/aromatic N) is 1. The molecule has 0 aliphatic heterocycles. The van der Waals surface area contributed by atoms with E-state index in [2.05, 4.69) is 219 Å². The van der Waals surface area contributed by atoms with E-state index in [-0.39, 0.29) is 5.41 Å². The summed E-state index contributed by atoms with van der Waals surface area (Å²) in [5.41, 5.74) is 13.5. The van der Waals surface area contributed by atoms with Crippen LogP contribution in [0.15, 0.2) is 200 Å². The van der Waals surface area contributed by atoms with E-state index in [4.69, 9.17) is 0 Å². The summed E-state index contributed by atoms with van der Waals surface area (Å²) in [5.74, 6) is 0. The van der Waals surface area contributed by atoms with Gasteiger partial charge in [-0.15, -0.1) is 0 Å². The minimum Gasteiger partial charge on any atom is -0.310 e. The molecule has 0 saturated heterocycles. The monoisotopic (exact) mass is 713 g/mol. The van der Waals surface area contributed by atoms with Crippen LogP contribution in [-0.4, -0.2) is 0 Å². The van der Waals surface area contributed by atoms with Crippen molar-refractivity contribution in [1.29, 1.82) is 0 Å². The Kier molecular flexibility index (Phi) is 7.28. The topological polar surface area (TPSA) is 3.24 Å². The van der Waals surface area contributed by atoms with Gasteiger partial charge in [0.05, 0.1) is 5.69 Å². The van der Waals surface area contributed by atoms with E-state index < -0.39 is 0 Å². The summed E-state index contributed by atoms with van der Waals surface area (Å²) >= 11 is 0. The van der Waals surface area contributed by atoms with Crippen molar-refractivity contribution in [3.63, 3.8) is 0 Å². The lowest BCUT2D eigenvalue weighted by molar-refractivity contribution is 0.666. The van der Waals surface area contributed by atoms with Crippen molar-refractivity contribution >= 4 is 60.2 Å². The molecule has 56 heavy (non-hydrogen) atoms. The van der Waals surface area contributed by atoms with Crippen molar-refractivity contribution in [2.24, 2.45) is 0 Å². The van der Waals surface area contributed by atoms with E-state index in [0.717, 1.165) is 11.4 Å². The molecule has 0 fully saturated rings. The van der Waals surface area contributed by atoms with E-state index >= 15 is 0 Å². The molecule has 0 aromatic heterocycles. The van der Waals surface area contributed by atoms with Crippen molar-refractivity contribution in [3.05, 3.63) is 211 Å². The van der Waals surface area contributed by atoms with Crippen molar-refractivity contribution in [1.82, 2.24) is 0 Å². The lowest BCUT2D eigenvalue weighted by atomic mass is 9.80. The zero-order valence-corrected chi connectivity index (χ0v) is 31.5. The van der Waals surface area contributed by atoms with E-state index in [0.29, 0.717) is 0 Å². The van der Waals surface area contributed by atoms with Crippen LogP contribution in [0.3, 0.4) is 0 Å². The molecule has 1 nitrogen and oxygen atoms in total. The maximum absolute atomic E-state index is 2.47. The van der Waals surface area contributed by atoms with Gasteiger partial charge in [-0.1, -0.05) is 178 Å². The van der Waals surface area contributed by atoms with Crippen LogP contribution in [0.5, 0.6) is 0 Å². The smallest absolute Gasteiger partial charge is 0.0549 e. The molecule has 0 heterocycles. The number of benzene rings is 10. The Morgan fingerprint density at radius 1 is 0.357 bits per heavy atom. The van der Waals surface area contributed by atoms with Gasteiger partial charge in [-0.05, 0) is 118 Å². The van der Waals surface area contributed by atoms with Crippen LogP contribution in [0.2, 0.25) is 0 Å². The molecular formula is C55H39N. The van der Waals surface area contributed by atoms with Gasteiger partial charge in [0, 0.05) is 22.4 Å². The quantitative estimate of drug-likeness (QED) is 0.161. The van der Waals surface area contributed by atoms with Gasteiger partial charge >= 0.3 is 0 Å². The predicted octanol–water partition coefficient (Wildman–Crippen LogP) is 15.4. The van der Waals surface area contributed by atoms with E-state index in [9.17, 15) is 0 Å². The molecule has 0 spiro atoms. The number of hydrogen-bond acceptors (Lipinski definition) is 1. The van der Waals surface area contributed by atoms with Gasteiger partial charge in [0.1, 0.15) is 0 Å². The highest BCUT2D eigenvalue weighted by Gasteiger charge is 2.39. The molecule has 0 unspecified atom stereocenters. The fourth-order valence-electron chi connectivity index (χ4n) is 9.56. The Labute approximate surface area is 327 Å².